The molecule has 2 nitrogen and oxygen atoms in total. The Morgan fingerprint density at radius 3 is 2.67 bits per heavy atom. The fourth-order valence-corrected chi connectivity index (χ4v) is 0.679. The molecule has 1 radical (unpaired) electrons. The van der Waals surface area contributed by atoms with E-state index in [1.165, 1.54) is 12.8 Å². The summed E-state index contributed by atoms with van der Waals surface area (Å²) in [6, 6.07) is 0. The molecule has 0 aliphatic carbocycles. The van der Waals surface area contributed by atoms with Crippen molar-refractivity contribution in [1.82, 2.24) is 11.1 Å². The predicted molar refractivity (Wildman–Crippen MR) is 43.2 cm³/mol. The van der Waals surface area contributed by atoms with Crippen LogP contribution in [0.4, 0.5) is 0 Å². The first-order valence-corrected chi connectivity index (χ1v) is 3.67. The van der Waals surface area contributed by atoms with E-state index >= 15 is 0 Å². The van der Waals surface area contributed by atoms with E-state index in [-0.39, 0.29) is 5.11 Å². The lowest BCUT2D eigenvalue weighted by Crippen LogP contribution is -2.22. The molecule has 0 aliphatic heterocycles. The Kier molecular flexibility index (Phi) is 5.62. The van der Waals surface area contributed by atoms with Gasteiger partial charge in [0.2, 0.25) is 0 Å². The lowest BCUT2D eigenvalue weighted by atomic mass is 10.2. The molecule has 0 rings (SSSR count). The Hall–Kier alpha value is -0.310. The van der Waals surface area contributed by atoms with E-state index in [1.54, 1.807) is 0 Å². The van der Waals surface area contributed by atoms with Crippen LogP contribution in [0.25, 0.3) is 0 Å². The zero-order valence-electron chi connectivity index (χ0n) is 5.74. The molecule has 0 atom stereocenters. The number of unbranched alkanes of at least 4 members (excludes halogenated alkanes) is 2. The Morgan fingerprint density at radius 2 is 2.22 bits per heavy atom. The van der Waals surface area contributed by atoms with Crippen LogP contribution in [0, 0.1) is 0 Å². The van der Waals surface area contributed by atoms with Gasteiger partial charge >= 0.3 is 0 Å². The maximum atomic E-state index is 6.83. The summed E-state index contributed by atoms with van der Waals surface area (Å²) >= 11 is 4.50. The largest absolute Gasteiger partial charge is 0.361 e. The van der Waals surface area contributed by atoms with Crippen LogP contribution in [0.3, 0.4) is 0 Å². The van der Waals surface area contributed by atoms with Crippen molar-refractivity contribution in [3.63, 3.8) is 0 Å². The van der Waals surface area contributed by atoms with Gasteiger partial charge in [0.25, 0.3) is 0 Å². The number of thiocarbonyl (C=S) groups is 1. The molecule has 2 N–H and O–H groups in total. The lowest BCUT2D eigenvalue weighted by molar-refractivity contribution is 0.696. The highest BCUT2D eigenvalue weighted by atomic mass is 32.1. The van der Waals surface area contributed by atoms with Gasteiger partial charge in [-0.1, -0.05) is 19.8 Å². The van der Waals surface area contributed by atoms with Crippen LogP contribution in [0.1, 0.15) is 26.2 Å². The Labute approximate surface area is 61.8 Å². The summed E-state index contributed by atoms with van der Waals surface area (Å²) in [5.74, 6) is 0. The Bertz CT molecular complexity index is 83.1. The molecule has 0 aromatic heterocycles. The molecule has 9 heavy (non-hydrogen) atoms. The second-order valence-corrected chi connectivity index (χ2v) is 2.37. The molecule has 53 valence electrons. The van der Waals surface area contributed by atoms with Gasteiger partial charge in [-0.25, -0.2) is 0 Å². The van der Waals surface area contributed by atoms with Crippen molar-refractivity contribution in [2.24, 2.45) is 0 Å². The molecule has 0 heterocycles. The summed E-state index contributed by atoms with van der Waals surface area (Å²) < 4.78 is 0. The van der Waals surface area contributed by atoms with Crippen LogP contribution in [0.15, 0.2) is 0 Å². The monoisotopic (exact) mass is 145 g/mol. The first-order chi connectivity index (χ1) is 4.27. The minimum atomic E-state index is 0.158. The van der Waals surface area contributed by atoms with Gasteiger partial charge in [0.05, 0.1) is 0 Å². The average molecular weight is 145 g/mol. The summed E-state index contributed by atoms with van der Waals surface area (Å²) in [6.07, 6.45) is 3.55. The van der Waals surface area contributed by atoms with E-state index in [0.29, 0.717) is 0 Å². The topological polar surface area (TPSA) is 35.8 Å². The van der Waals surface area contributed by atoms with E-state index in [9.17, 15) is 0 Å². The maximum absolute atomic E-state index is 6.83. The van der Waals surface area contributed by atoms with E-state index in [4.69, 9.17) is 5.73 Å². The third-order valence-corrected chi connectivity index (χ3v) is 1.21. The normalized spacial score (nSPS) is 9.00. The van der Waals surface area contributed by atoms with Crippen molar-refractivity contribution < 1.29 is 0 Å². The average Bonchev–Trinajstić information content (AvgIpc) is 1.80. The Balaban J connectivity index is 2.83. The molecule has 0 aromatic carbocycles. The molecule has 0 fully saturated rings. The van der Waals surface area contributed by atoms with E-state index < -0.39 is 0 Å². The third kappa shape index (κ3) is 7.69. The van der Waals surface area contributed by atoms with Crippen molar-refractivity contribution in [3.8, 4) is 0 Å². The van der Waals surface area contributed by atoms with Gasteiger partial charge in [-0.05, 0) is 18.6 Å². The van der Waals surface area contributed by atoms with Gasteiger partial charge in [-0.15, -0.1) is 0 Å². The second kappa shape index (κ2) is 5.82. The number of hydrogen-bond donors (Lipinski definition) is 1. The highest BCUT2D eigenvalue weighted by Crippen LogP contribution is 1.90. The summed E-state index contributed by atoms with van der Waals surface area (Å²) in [7, 11) is 0. The van der Waals surface area contributed by atoms with Gasteiger partial charge in [0, 0.05) is 6.54 Å². The first kappa shape index (κ1) is 8.69. The fraction of sp³-hybridized carbons (Fsp3) is 0.833. The van der Waals surface area contributed by atoms with Gasteiger partial charge in [0.15, 0.2) is 5.11 Å². The molecule has 0 spiro atoms. The zero-order valence-corrected chi connectivity index (χ0v) is 6.55. The van der Waals surface area contributed by atoms with Crippen LogP contribution in [0.5, 0.6) is 0 Å². The maximum Gasteiger partial charge on any atom is 0.185 e. The van der Waals surface area contributed by atoms with Gasteiger partial charge < -0.3 is 5.32 Å². The van der Waals surface area contributed by atoms with E-state index in [2.05, 4.69) is 24.5 Å². The number of nitrogens with one attached hydrogen (secondary N) is 2. The summed E-state index contributed by atoms with van der Waals surface area (Å²) in [6.45, 7) is 3.01. The van der Waals surface area contributed by atoms with Crippen molar-refractivity contribution in [1.29, 1.82) is 0 Å². The van der Waals surface area contributed by atoms with Crippen molar-refractivity contribution in [2.75, 3.05) is 6.54 Å². The van der Waals surface area contributed by atoms with Gasteiger partial charge in [-0.3, -0.25) is 5.73 Å². The predicted octanol–water partition coefficient (Wildman–Crippen LogP) is 1.33. The molecule has 3 heteroatoms. The van der Waals surface area contributed by atoms with Crippen LogP contribution in [0.2, 0.25) is 0 Å². The standard InChI is InChI=1S/C6H13N2S/c1-2-3-4-5-8-6(7)9/h7H,2-5H2,1H3,(H,8,9). The van der Waals surface area contributed by atoms with Gasteiger partial charge in [0.1, 0.15) is 0 Å². The molecule has 0 unspecified atom stereocenters. The SMILES string of the molecule is CCCCCNC([NH])=S. The molecular formula is C6H13N2S. The smallest absolute Gasteiger partial charge is 0.185 e. The van der Waals surface area contributed by atoms with Crippen LogP contribution < -0.4 is 11.1 Å². The van der Waals surface area contributed by atoms with Crippen molar-refractivity contribution in [3.05, 3.63) is 0 Å². The quantitative estimate of drug-likeness (QED) is 0.478. The summed E-state index contributed by atoms with van der Waals surface area (Å²) in [5.41, 5.74) is 6.83. The van der Waals surface area contributed by atoms with E-state index in [1.807, 2.05) is 0 Å². The summed E-state index contributed by atoms with van der Waals surface area (Å²) in [4.78, 5) is 0. The van der Waals surface area contributed by atoms with Crippen LogP contribution in [-0.2, 0) is 0 Å². The molecule has 0 saturated heterocycles. The highest BCUT2D eigenvalue weighted by molar-refractivity contribution is 7.80. The van der Waals surface area contributed by atoms with Crippen LogP contribution >= 0.6 is 12.2 Å². The van der Waals surface area contributed by atoms with Crippen molar-refractivity contribution in [2.45, 2.75) is 26.2 Å². The van der Waals surface area contributed by atoms with Crippen LogP contribution in [-0.4, -0.2) is 11.7 Å². The lowest BCUT2D eigenvalue weighted by Gasteiger charge is -1.99. The summed E-state index contributed by atoms with van der Waals surface area (Å²) in [5, 5.41) is 2.94. The van der Waals surface area contributed by atoms with Crippen molar-refractivity contribution >= 4 is 17.3 Å². The minimum Gasteiger partial charge on any atom is -0.361 e. The third-order valence-electron chi connectivity index (χ3n) is 1.07. The minimum absolute atomic E-state index is 0.158. The molecular weight excluding hydrogens is 132 g/mol. The first-order valence-electron chi connectivity index (χ1n) is 3.26. The fourth-order valence-electron chi connectivity index (χ4n) is 0.577. The van der Waals surface area contributed by atoms with E-state index in [0.717, 1.165) is 13.0 Å². The number of rotatable bonds is 4. The molecule has 0 aromatic rings. The second-order valence-electron chi connectivity index (χ2n) is 1.96. The number of hydrogen-bond acceptors (Lipinski definition) is 1. The Morgan fingerprint density at radius 1 is 1.56 bits per heavy atom. The molecule has 0 amide bonds. The highest BCUT2D eigenvalue weighted by Gasteiger charge is 1.86. The molecule has 0 bridgehead atoms. The molecule has 0 aliphatic rings. The zero-order chi connectivity index (χ0) is 7.11. The molecule has 0 saturated carbocycles. The van der Waals surface area contributed by atoms with Gasteiger partial charge in [-0.2, -0.15) is 0 Å².